The fourth-order valence-corrected chi connectivity index (χ4v) is 3.26. The van der Waals surface area contributed by atoms with E-state index < -0.39 is 0 Å². The summed E-state index contributed by atoms with van der Waals surface area (Å²) >= 11 is 0. The highest BCUT2D eigenvalue weighted by molar-refractivity contribution is 5.80. The number of nitrogens with zero attached hydrogens (tertiary/aromatic N) is 3. The summed E-state index contributed by atoms with van der Waals surface area (Å²) < 4.78 is 1.85. The number of carbonyl (C=O) groups is 1. The normalized spacial score (nSPS) is 29.6. The van der Waals surface area contributed by atoms with Crippen molar-refractivity contribution in [2.45, 2.75) is 50.7 Å². The Labute approximate surface area is 102 Å². The summed E-state index contributed by atoms with van der Waals surface area (Å²) in [6, 6.07) is 3.01. The molecule has 17 heavy (non-hydrogen) atoms. The van der Waals surface area contributed by atoms with Crippen LogP contribution in [0.1, 0.15) is 37.8 Å². The van der Waals surface area contributed by atoms with Gasteiger partial charge in [-0.1, -0.05) is 6.42 Å². The van der Waals surface area contributed by atoms with Crippen molar-refractivity contribution >= 4 is 5.78 Å². The number of piperidine rings is 2. The standard InChI is InChI=1S/C13H19N3O/c1-15-6-5-10(14-15)9-16-11-3-2-4-12(16)8-13(17)7-11/h5-6,11-12H,2-4,7-9H2,1H3. The fraction of sp³-hybridized carbons (Fsp3) is 0.692. The summed E-state index contributed by atoms with van der Waals surface area (Å²) in [5.41, 5.74) is 1.12. The third-order valence-corrected chi connectivity index (χ3v) is 4.05. The fourth-order valence-electron chi connectivity index (χ4n) is 3.26. The van der Waals surface area contributed by atoms with Gasteiger partial charge in [0.05, 0.1) is 5.69 Å². The number of ketones is 1. The average molecular weight is 233 g/mol. The van der Waals surface area contributed by atoms with Crippen LogP contribution in [0.3, 0.4) is 0 Å². The van der Waals surface area contributed by atoms with Gasteiger partial charge in [-0.05, 0) is 18.9 Å². The Hall–Kier alpha value is -1.16. The molecule has 0 N–H and O–H groups in total. The number of fused-ring (bicyclic) bond motifs is 2. The van der Waals surface area contributed by atoms with Crippen molar-refractivity contribution in [3.8, 4) is 0 Å². The molecule has 2 bridgehead atoms. The molecule has 3 heterocycles. The number of aryl methyl sites for hydroxylation is 1. The molecule has 4 nitrogen and oxygen atoms in total. The van der Waals surface area contributed by atoms with Crippen LogP contribution in [0.25, 0.3) is 0 Å². The summed E-state index contributed by atoms with van der Waals surface area (Å²) in [5.74, 6) is 0.456. The number of aromatic nitrogens is 2. The largest absolute Gasteiger partial charge is 0.300 e. The highest BCUT2D eigenvalue weighted by atomic mass is 16.1. The van der Waals surface area contributed by atoms with Crippen molar-refractivity contribution in [1.82, 2.24) is 14.7 Å². The molecule has 4 heteroatoms. The second kappa shape index (κ2) is 4.26. The van der Waals surface area contributed by atoms with Crippen molar-refractivity contribution in [1.29, 1.82) is 0 Å². The van der Waals surface area contributed by atoms with Gasteiger partial charge >= 0.3 is 0 Å². The smallest absolute Gasteiger partial charge is 0.136 e. The summed E-state index contributed by atoms with van der Waals surface area (Å²) in [6.45, 7) is 0.906. The first-order chi connectivity index (χ1) is 8.22. The molecule has 1 aromatic heterocycles. The van der Waals surface area contributed by atoms with E-state index in [1.54, 1.807) is 0 Å². The van der Waals surface area contributed by atoms with Gasteiger partial charge in [0.15, 0.2) is 0 Å². The number of hydrogen-bond donors (Lipinski definition) is 0. The third kappa shape index (κ3) is 2.14. The molecule has 2 atom stereocenters. The van der Waals surface area contributed by atoms with Crippen molar-refractivity contribution in [3.05, 3.63) is 18.0 Å². The zero-order valence-electron chi connectivity index (χ0n) is 10.3. The lowest BCUT2D eigenvalue weighted by molar-refractivity contribution is -0.127. The highest BCUT2D eigenvalue weighted by Gasteiger charge is 2.37. The van der Waals surface area contributed by atoms with Gasteiger partial charge in [-0.15, -0.1) is 0 Å². The van der Waals surface area contributed by atoms with Gasteiger partial charge in [-0.25, -0.2) is 0 Å². The molecular formula is C13H19N3O. The molecule has 92 valence electrons. The average Bonchev–Trinajstić information content (AvgIpc) is 2.65. The van der Waals surface area contributed by atoms with E-state index >= 15 is 0 Å². The maximum Gasteiger partial charge on any atom is 0.136 e. The molecule has 2 unspecified atom stereocenters. The summed E-state index contributed by atoms with van der Waals surface area (Å²) in [7, 11) is 1.95. The van der Waals surface area contributed by atoms with Gasteiger partial charge in [-0.3, -0.25) is 14.4 Å². The van der Waals surface area contributed by atoms with E-state index in [9.17, 15) is 4.79 Å². The molecule has 0 spiro atoms. The topological polar surface area (TPSA) is 38.1 Å². The lowest BCUT2D eigenvalue weighted by Crippen LogP contribution is -2.51. The van der Waals surface area contributed by atoms with Crippen LogP contribution in [0.4, 0.5) is 0 Å². The molecule has 0 amide bonds. The summed E-state index contributed by atoms with van der Waals surface area (Å²) in [5, 5.41) is 4.44. The van der Waals surface area contributed by atoms with E-state index in [2.05, 4.69) is 16.1 Å². The van der Waals surface area contributed by atoms with Crippen LogP contribution in [-0.2, 0) is 18.4 Å². The number of hydrogen-bond acceptors (Lipinski definition) is 3. The van der Waals surface area contributed by atoms with Crippen LogP contribution in [0.5, 0.6) is 0 Å². The van der Waals surface area contributed by atoms with E-state index in [4.69, 9.17) is 0 Å². The van der Waals surface area contributed by atoms with Gasteiger partial charge in [0.25, 0.3) is 0 Å². The van der Waals surface area contributed by atoms with Crippen LogP contribution in [0.15, 0.2) is 12.3 Å². The van der Waals surface area contributed by atoms with Gasteiger partial charge in [-0.2, -0.15) is 5.10 Å². The SMILES string of the molecule is Cn1ccc(CN2C3CCCC2CC(=O)C3)n1. The van der Waals surface area contributed by atoms with Gasteiger partial charge in [0.1, 0.15) is 5.78 Å². The van der Waals surface area contributed by atoms with E-state index in [-0.39, 0.29) is 0 Å². The minimum Gasteiger partial charge on any atom is -0.300 e. The molecule has 0 saturated carbocycles. The van der Waals surface area contributed by atoms with E-state index in [1.807, 2.05) is 17.9 Å². The van der Waals surface area contributed by atoms with Crippen molar-refractivity contribution in [3.63, 3.8) is 0 Å². The van der Waals surface area contributed by atoms with Crippen molar-refractivity contribution in [2.75, 3.05) is 0 Å². The highest BCUT2D eigenvalue weighted by Crippen LogP contribution is 2.33. The van der Waals surface area contributed by atoms with Crippen LogP contribution in [0.2, 0.25) is 0 Å². The minimum atomic E-state index is 0.456. The zero-order chi connectivity index (χ0) is 11.8. The van der Waals surface area contributed by atoms with Gasteiger partial charge in [0, 0.05) is 44.7 Å². The predicted octanol–water partition coefficient (Wildman–Crippen LogP) is 1.51. The molecule has 0 aromatic carbocycles. The third-order valence-electron chi connectivity index (χ3n) is 4.05. The molecule has 2 aliphatic rings. The second-order valence-corrected chi connectivity index (χ2v) is 5.34. The lowest BCUT2D eigenvalue weighted by Gasteiger charge is -2.45. The van der Waals surface area contributed by atoms with E-state index in [0.717, 1.165) is 25.1 Å². The molecule has 3 rings (SSSR count). The van der Waals surface area contributed by atoms with Gasteiger partial charge in [0.2, 0.25) is 0 Å². The Morgan fingerprint density at radius 1 is 1.35 bits per heavy atom. The maximum atomic E-state index is 11.6. The first-order valence-electron chi connectivity index (χ1n) is 6.48. The number of Topliss-reactive ketones (excluding diaryl/α,β-unsaturated/α-hetero) is 1. The molecule has 1 aromatic rings. The first-order valence-corrected chi connectivity index (χ1v) is 6.48. The Morgan fingerprint density at radius 2 is 2.06 bits per heavy atom. The predicted molar refractivity (Wildman–Crippen MR) is 64.4 cm³/mol. The molecule has 2 fully saturated rings. The number of rotatable bonds is 2. The second-order valence-electron chi connectivity index (χ2n) is 5.34. The Balaban J connectivity index is 1.76. The van der Waals surface area contributed by atoms with Crippen LogP contribution >= 0.6 is 0 Å². The summed E-state index contributed by atoms with van der Waals surface area (Å²) in [4.78, 5) is 14.1. The van der Waals surface area contributed by atoms with Crippen molar-refractivity contribution in [2.24, 2.45) is 7.05 Å². The lowest BCUT2D eigenvalue weighted by atomic mass is 9.84. The van der Waals surface area contributed by atoms with Crippen LogP contribution in [-0.4, -0.2) is 32.5 Å². The van der Waals surface area contributed by atoms with Crippen LogP contribution < -0.4 is 0 Å². The van der Waals surface area contributed by atoms with Crippen molar-refractivity contribution < 1.29 is 4.79 Å². The number of carbonyl (C=O) groups excluding carboxylic acids is 1. The monoisotopic (exact) mass is 233 g/mol. The zero-order valence-corrected chi connectivity index (χ0v) is 10.3. The molecule has 2 aliphatic heterocycles. The van der Waals surface area contributed by atoms with E-state index in [0.29, 0.717) is 17.9 Å². The van der Waals surface area contributed by atoms with Crippen LogP contribution in [0, 0.1) is 0 Å². The van der Waals surface area contributed by atoms with E-state index in [1.165, 1.54) is 19.3 Å². The maximum absolute atomic E-state index is 11.6. The summed E-state index contributed by atoms with van der Waals surface area (Å²) in [6.07, 6.45) is 7.12. The molecule has 0 aliphatic carbocycles. The molecule has 0 radical (unpaired) electrons. The first kappa shape index (κ1) is 11.0. The Kier molecular flexibility index (Phi) is 2.74. The van der Waals surface area contributed by atoms with Gasteiger partial charge < -0.3 is 0 Å². The quantitative estimate of drug-likeness (QED) is 0.777. The molecule has 2 saturated heterocycles. The molecular weight excluding hydrogens is 214 g/mol. The minimum absolute atomic E-state index is 0.456. The Bertz CT molecular complexity index is 410. The Morgan fingerprint density at radius 3 is 2.65 bits per heavy atom.